The lowest BCUT2D eigenvalue weighted by Crippen LogP contribution is -2.35. The van der Waals surface area contributed by atoms with Gasteiger partial charge in [-0.25, -0.2) is 17.2 Å². The molecule has 4 nitrogen and oxygen atoms in total. The molecule has 0 fully saturated rings. The predicted molar refractivity (Wildman–Crippen MR) is 129 cm³/mol. The van der Waals surface area contributed by atoms with E-state index < -0.39 is 27.7 Å². The Labute approximate surface area is 202 Å². The molecule has 34 heavy (non-hydrogen) atoms. The van der Waals surface area contributed by atoms with E-state index in [0.717, 1.165) is 33.6 Å². The summed E-state index contributed by atoms with van der Waals surface area (Å²) in [5.41, 5.74) is 2.06. The Morgan fingerprint density at radius 1 is 0.971 bits per heavy atom. The van der Waals surface area contributed by atoms with E-state index in [4.69, 9.17) is 11.6 Å². The molecule has 8 heteroatoms. The van der Waals surface area contributed by atoms with Crippen molar-refractivity contribution in [1.29, 1.82) is 0 Å². The van der Waals surface area contributed by atoms with Crippen LogP contribution in [0.25, 0.3) is 0 Å². The largest absolute Gasteiger partial charge is 0.264 e. The Bertz CT molecular complexity index is 1400. The van der Waals surface area contributed by atoms with Gasteiger partial charge in [0.05, 0.1) is 16.6 Å². The molecular weight excluding hydrogens is 478 g/mol. The fourth-order valence-corrected chi connectivity index (χ4v) is 5.63. The summed E-state index contributed by atoms with van der Waals surface area (Å²) in [6, 6.07) is 18.5. The lowest BCUT2D eigenvalue weighted by Gasteiger charge is -2.32. The lowest BCUT2D eigenvalue weighted by molar-refractivity contribution is 0.570. The van der Waals surface area contributed by atoms with E-state index in [1.165, 1.54) is 24.3 Å². The molecule has 3 aromatic carbocycles. The molecule has 4 rings (SSSR count). The van der Waals surface area contributed by atoms with Crippen LogP contribution in [0.5, 0.6) is 0 Å². The Kier molecular flexibility index (Phi) is 6.95. The van der Waals surface area contributed by atoms with Crippen molar-refractivity contribution >= 4 is 27.3 Å². The first-order valence-corrected chi connectivity index (χ1v) is 12.3. The summed E-state index contributed by atoms with van der Waals surface area (Å²) in [6.07, 6.45) is 3.90. The molecule has 4 aromatic rings. The average molecular weight is 499 g/mol. The zero-order valence-electron chi connectivity index (χ0n) is 18.2. The quantitative estimate of drug-likeness (QED) is 0.290. The molecule has 0 bridgehead atoms. The van der Waals surface area contributed by atoms with E-state index in [-0.39, 0.29) is 10.6 Å². The molecule has 1 heterocycles. The Balaban J connectivity index is 1.87. The number of benzene rings is 3. The summed E-state index contributed by atoms with van der Waals surface area (Å²) >= 11 is 5.94. The van der Waals surface area contributed by atoms with Crippen LogP contribution in [0, 0.1) is 11.6 Å². The second-order valence-electron chi connectivity index (χ2n) is 7.76. The predicted octanol–water partition coefficient (Wildman–Crippen LogP) is 6.56. The molecular formula is C26H21ClF2N2O2S. The van der Waals surface area contributed by atoms with Gasteiger partial charge in [0.25, 0.3) is 10.0 Å². The van der Waals surface area contributed by atoms with Crippen LogP contribution >= 0.6 is 11.6 Å². The lowest BCUT2D eigenvalue weighted by atomic mass is 9.96. The number of pyridine rings is 1. The van der Waals surface area contributed by atoms with Gasteiger partial charge in [0.15, 0.2) is 0 Å². The molecule has 0 aliphatic heterocycles. The highest BCUT2D eigenvalue weighted by molar-refractivity contribution is 7.92. The Morgan fingerprint density at radius 2 is 1.71 bits per heavy atom. The van der Waals surface area contributed by atoms with E-state index in [1.54, 1.807) is 31.5 Å². The minimum Gasteiger partial charge on any atom is -0.264 e. The zero-order valence-corrected chi connectivity index (χ0v) is 19.8. The smallest absolute Gasteiger partial charge is 0.264 e. The van der Waals surface area contributed by atoms with Crippen LogP contribution in [0.1, 0.15) is 29.7 Å². The minimum absolute atomic E-state index is 0.0860. The van der Waals surface area contributed by atoms with Crippen molar-refractivity contribution in [2.24, 2.45) is 0 Å². The topological polar surface area (TPSA) is 50.3 Å². The minimum atomic E-state index is -4.29. The van der Waals surface area contributed by atoms with E-state index in [1.807, 2.05) is 24.3 Å². The fraction of sp³-hybridized carbons (Fsp3) is 0.115. The van der Waals surface area contributed by atoms with Crippen LogP contribution in [0.2, 0.25) is 5.02 Å². The SMILES string of the molecule is C[C@H](c1ccccc1Cc1cccnc1)N(c1cc(F)ccc1F)S(=O)(=O)c1ccc(Cl)cc1. The maximum atomic E-state index is 15.0. The van der Waals surface area contributed by atoms with Crippen molar-refractivity contribution in [3.8, 4) is 0 Å². The first-order valence-electron chi connectivity index (χ1n) is 10.5. The standard InChI is InChI=1S/C26H21ClF2N2O2S/c1-18(24-7-3-2-6-20(24)15-19-5-4-14-30-17-19)31(26-16-22(28)10-13-25(26)29)34(32,33)23-11-8-21(27)9-12-23/h2-14,16-18H,15H2,1H3/t18-/m1/s1. The molecule has 1 atom stereocenters. The number of anilines is 1. The molecule has 0 N–H and O–H groups in total. The third kappa shape index (κ3) is 4.95. The number of rotatable bonds is 7. The van der Waals surface area contributed by atoms with E-state index >= 15 is 0 Å². The molecule has 0 unspecified atom stereocenters. The van der Waals surface area contributed by atoms with Gasteiger partial charge in [-0.3, -0.25) is 9.29 Å². The Morgan fingerprint density at radius 3 is 2.41 bits per heavy atom. The van der Waals surface area contributed by atoms with E-state index in [9.17, 15) is 17.2 Å². The number of aromatic nitrogens is 1. The normalized spacial score (nSPS) is 12.4. The summed E-state index contributed by atoms with van der Waals surface area (Å²) in [6.45, 7) is 1.65. The van der Waals surface area contributed by atoms with Crippen LogP contribution in [0.4, 0.5) is 14.5 Å². The van der Waals surface area contributed by atoms with Gasteiger partial charge in [-0.2, -0.15) is 0 Å². The van der Waals surface area contributed by atoms with Gasteiger partial charge in [0.1, 0.15) is 11.6 Å². The third-order valence-corrected chi connectivity index (χ3v) is 7.64. The van der Waals surface area contributed by atoms with Gasteiger partial charge in [-0.1, -0.05) is 41.9 Å². The van der Waals surface area contributed by atoms with Crippen LogP contribution < -0.4 is 4.31 Å². The molecule has 0 aliphatic rings. The van der Waals surface area contributed by atoms with Crippen molar-refractivity contribution in [3.63, 3.8) is 0 Å². The van der Waals surface area contributed by atoms with Gasteiger partial charge in [0.2, 0.25) is 0 Å². The van der Waals surface area contributed by atoms with Crippen LogP contribution in [0.3, 0.4) is 0 Å². The maximum absolute atomic E-state index is 15.0. The summed E-state index contributed by atoms with van der Waals surface area (Å²) in [5.74, 6) is -1.60. The average Bonchev–Trinajstić information content (AvgIpc) is 2.82. The highest BCUT2D eigenvalue weighted by atomic mass is 35.5. The monoisotopic (exact) mass is 498 g/mol. The maximum Gasteiger partial charge on any atom is 0.264 e. The van der Waals surface area contributed by atoms with Gasteiger partial charge < -0.3 is 0 Å². The zero-order chi connectivity index (χ0) is 24.3. The second kappa shape index (κ2) is 9.91. The number of halogens is 3. The van der Waals surface area contributed by atoms with Gasteiger partial charge >= 0.3 is 0 Å². The van der Waals surface area contributed by atoms with Gasteiger partial charge in [0, 0.05) is 23.5 Å². The molecule has 0 radical (unpaired) electrons. The van der Waals surface area contributed by atoms with Crippen LogP contribution in [-0.4, -0.2) is 13.4 Å². The highest BCUT2D eigenvalue weighted by Gasteiger charge is 2.33. The number of nitrogens with zero attached hydrogens (tertiary/aromatic N) is 2. The summed E-state index contributed by atoms with van der Waals surface area (Å²) in [4.78, 5) is 4.05. The molecule has 0 spiro atoms. The van der Waals surface area contributed by atoms with Crippen LogP contribution in [-0.2, 0) is 16.4 Å². The van der Waals surface area contributed by atoms with Crippen molar-refractivity contribution < 1.29 is 17.2 Å². The molecule has 0 amide bonds. The first kappa shape index (κ1) is 23.9. The second-order valence-corrected chi connectivity index (χ2v) is 10.0. The van der Waals surface area contributed by atoms with Crippen molar-refractivity contribution in [2.45, 2.75) is 24.3 Å². The molecule has 1 aromatic heterocycles. The van der Waals surface area contributed by atoms with Gasteiger partial charge in [-0.15, -0.1) is 0 Å². The number of sulfonamides is 1. The molecule has 174 valence electrons. The molecule has 0 saturated heterocycles. The van der Waals surface area contributed by atoms with E-state index in [2.05, 4.69) is 4.98 Å². The molecule has 0 saturated carbocycles. The van der Waals surface area contributed by atoms with Crippen molar-refractivity contribution in [2.75, 3.05) is 4.31 Å². The molecule has 0 aliphatic carbocycles. The first-order chi connectivity index (χ1) is 16.3. The van der Waals surface area contributed by atoms with Crippen molar-refractivity contribution in [1.82, 2.24) is 4.98 Å². The van der Waals surface area contributed by atoms with Gasteiger partial charge in [-0.05, 0) is 72.5 Å². The highest BCUT2D eigenvalue weighted by Crippen LogP contribution is 2.37. The Hall–Kier alpha value is -3.29. The third-order valence-electron chi connectivity index (χ3n) is 5.49. The number of hydrogen-bond donors (Lipinski definition) is 0. The van der Waals surface area contributed by atoms with Crippen LogP contribution in [0.15, 0.2) is 96.2 Å². The fourth-order valence-electron chi connectivity index (χ4n) is 3.87. The summed E-state index contributed by atoms with van der Waals surface area (Å²) in [7, 11) is -4.29. The van der Waals surface area contributed by atoms with E-state index in [0.29, 0.717) is 17.0 Å². The summed E-state index contributed by atoms with van der Waals surface area (Å²) in [5, 5.41) is 0.359. The summed E-state index contributed by atoms with van der Waals surface area (Å²) < 4.78 is 57.6. The number of hydrogen-bond acceptors (Lipinski definition) is 3. The van der Waals surface area contributed by atoms with Crippen molar-refractivity contribution in [3.05, 3.63) is 125 Å².